The molecule has 0 aliphatic carbocycles. The van der Waals surface area contributed by atoms with Crippen LogP contribution in [0.3, 0.4) is 0 Å². The average Bonchev–Trinajstić information content (AvgIpc) is 2.78. The van der Waals surface area contributed by atoms with E-state index in [1.54, 1.807) is 12.3 Å². The molecule has 2 heterocycles. The Hall–Kier alpha value is -0.470. The quantitative estimate of drug-likeness (QED) is 0.855. The van der Waals surface area contributed by atoms with Crippen molar-refractivity contribution in [2.75, 3.05) is 26.7 Å². The average molecular weight is 318 g/mol. The third-order valence-electron chi connectivity index (χ3n) is 3.69. The first-order chi connectivity index (χ1) is 9.44. The molecule has 2 N–H and O–H groups in total. The minimum absolute atomic E-state index is 0.235. The lowest BCUT2D eigenvalue weighted by Gasteiger charge is -2.29. The van der Waals surface area contributed by atoms with Crippen LogP contribution < -0.4 is 4.72 Å². The van der Waals surface area contributed by atoms with Gasteiger partial charge in [0.05, 0.1) is 11.5 Å². The van der Waals surface area contributed by atoms with Crippen LogP contribution in [-0.2, 0) is 16.6 Å². The molecule has 1 aliphatic rings. The summed E-state index contributed by atoms with van der Waals surface area (Å²) >= 11 is 1.29. The zero-order valence-corrected chi connectivity index (χ0v) is 13.6. The highest BCUT2D eigenvalue weighted by Crippen LogP contribution is 2.27. The molecule has 1 unspecified atom stereocenters. The molecule has 0 saturated carbocycles. The summed E-state index contributed by atoms with van der Waals surface area (Å²) in [7, 11) is -1.46. The summed E-state index contributed by atoms with van der Waals surface area (Å²) in [6.45, 7) is 4.01. The van der Waals surface area contributed by atoms with Gasteiger partial charge in [-0.15, -0.1) is 11.3 Å². The number of aryl methyl sites for hydroxylation is 1. The van der Waals surface area contributed by atoms with Crippen molar-refractivity contribution < 1.29 is 13.5 Å². The lowest BCUT2D eigenvalue weighted by Crippen LogP contribution is -2.39. The molecule has 1 aromatic rings. The number of hydrogen-bond acceptors (Lipinski definition) is 5. The van der Waals surface area contributed by atoms with Crippen LogP contribution in [0.4, 0.5) is 0 Å². The predicted octanol–water partition coefficient (Wildman–Crippen LogP) is 1.17. The van der Waals surface area contributed by atoms with E-state index in [9.17, 15) is 13.5 Å². The van der Waals surface area contributed by atoms with Crippen LogP contribution in [0.25, 0.3) is 0 Å². The molecule has 0 spiro atoms. The normalized spacial score (nSPS) is 21.2. The fourth-order valence-electron chi connectivity index (χ4n) is 2.70. The van der Waals surface area contributed by atoms with Crippen molar-refractivity contribution in [2.45, 2.75) is 31.3 Å². The van der Waals surface area contributed by atoms with Crippen molar-refractivity contribution in [3.63, 3.8) is 0 Å². The van der Waals surface area contributed by atoms with Crippen molar-refractivity contribution in [2.24, 2.45) is 5.92 Å². The van der Waals surface area contributed by atoms with Gasteiger partial charge >= 0.3 is 0 Å². The molecule has 114 valence electrons. The van der Waals surface area contributed by atoms with Gasteiger partial charge in [-0.2, -0.15) is 0 Å². The number of hydrogen-bond donors (Lipinski definition) is 2. The molecule has 5 nitrogen and oxygen atoms in total. The number of aliphatic hydroxyl groups excluding tert-OH is 1. The Morgan fingerprint density at radius 3 is 2.95 bits per heavy atom. The topological polar surface area (TPSA) is 69.6 Å². The number of thiophene rings is 1. The number of sulfonamides is 1. The summed E-state index contributed by atoms with van der Waals surface area (Å²) in [5.74, 6) is 0.361. The Labute approximate surface area is 124 Å². The fourth-order valence-corrected chi connectivity index (χ4v) is 5.47. The Morgan fingerprint density at radius 2 is 2.30 bits per heavy atom. The maximum absolute atomic E-state index is 12.4. The monoisotopic (exact) mass is 318 g/mol. The summed E-state index contributed by atoms with van der Waals surface area (Å²) in [5, 5.41) is 11.0. The summed E-state index contributed by atoms with van der Waals surface area (Å²) < 4.78 is 27.5. The minimum Gasteiger partial charge on any atom is -0.391 e. The molecule has 0 bridgehead atoms. The van der Waals surface area contributed by atoms with Gasteiger partial charge in [-0.05, 0) is 50.2 Å². The molecule has 0 radical (unpaired) electrons. The zero-order valence-electron chi connectivity index (χ0n) is 11.9. The van der Waals surface area contributed by atoms with Gasteiger partial charge in [-0.3, -0.25) is 0 Å². The van der Waals surface area contributed by atoms with Crippen molar-refractivity contribution in [1.29, 1.82) is 0 Å². The molecule has 1 aromatic heterocycles. The standard InChI is InChI=1S/C13H22N2O3S2/c1-10-9-19-12(8-16)13(10)20(17,18)14-6-11-4-3-5-15(2)7-11/h9,11,14,16H,3-8H2,1-2H3. The lowest BCUT2D eigenvalue weighted by atomic mass is 9.99. The van der Waals surface area contributed by atoms with Crippen molar-refractivity contribution in [1.82, 2.24) is 9.62 Å². The van der Waals surface area contributed by atoms with E-state index in [2.05, 4.69) is 16.7 Å². The molecule has 20 heavy (non-hydrogen) atoms. The molecule has 1 atom stereocenters. The lowest BCUT2D eigenvalue weighted by molar-refractivity contribution is 0.211. The molecule has 1 saturated heterocycles. The highest BCUT2D eigenvalue weighted by atomic mass is 32.2. The van der Waals surface area contributed by atoms with E-state index in [-0.39, 0.29) is 11.5 Å². The van der Waals surface area contributed by atoms with Gasteiger partial charge in [0.2, 0.25) is 10.0 Å². The highest BCUT2D eigenvalue weighted by Gasteiger charge is 2.25. The summed E-state index contributed by atoms with van der Waals surface area (Å²) in [5.41, 5.74) is 0.701. The Morgan fingerprint density at radius 1 is 1.55 bits per heavy atom. The maximum atomic E-state index is 12.4. The van der Waals surface area contributed by atoms with Gasteiger partial charge < -0.3 is 10.0 Å². The van der Waals surface area contributed by atoms with Crippen LogP contribution in [0.5, 0.6) is 0 Å². The third kappa shape index (κ3) is 3.59. The molecular formula is C13H22N2O3S2. The van der Waals surface area contributed by atoms with Gasteiger partial charge in [0, 0.05) is 13.1 Å². The SMILES string of the molecule is Cc1csc(CO)c1S(=O)(=O)NCC1CCCN(C)C1. The van der Waals surface area contributed by atoms with Crippen LogP contribution in [0.15, 0.2) is 10.3 Å². The summed E-state index contributed by atoms with van der Waals surface area (Å²) in [6.07, 6.45) is 2.17. The van der Waals surface area contributed by atoms with Crippen molar-refractivity contribution in [3.05, 3.63) is 15.8 Å². The van der Waals surface area contributed by atoms with E-state index in [1.807, 2.05) is 0 Å². The van der Waals surface area contributed by atoms with Crippen LogP contribution >= 0.6 is 11.3 Å². The van der Waals surface area contributed by atoms with Crippen molar-refractivity contribution in [3.8, 4) is 0 Å². The molecule has 1 fully saturated rings. The van der Waals surface area contributed by atoms with Crippen LogP contribution in [-0.4, -0.2) is 45.1 Å². The number of nitrogens with zero attached hydrogens (tertiary/aromatic N) is 1. The van der Waals surface area contributed by atoms with E-state index >= 15 is 0 Å². The number of rotatable bonds is 5. The number of nitrogens with one attached hydrogen (secondary N) is 1. The maximum Gasteiger partial charge on any atom is 0.242 e. The Bertz CT molecular complexity index is 554. The fraction of sp³-hybridized carbons (Fsp3) is 0.692. The molecule has 7 heteroatoms. The van der Waals surface area contributed by atoms with Crippen LogP contribution in [0.2, 0.25) is 0 Å². The predicted molar refractivity (Wildman–Crippen MR) is 80.4 cm³/mol. The molecule has 0 amide bonds. The summed E-state index contributed by atoms with van der Waals surface area (Å²) in [6, 6.07) is 0. The van der Waals surface area contributed by atoms with Crippen molar-refractivity contribution >= 4 is 21.4 Å². The van der Waals surface area contributed by atoms with Gasteiger partial charge in [0.25, 0.3) is 0 Å². The van der Waals surface area contributed by atoms with Gasteiger partial charge in [-0.25, -0.2) is 13.1 Å². The van der Waals surface area contributed by atoms with E-state index in [0.29, 0.717) is 22.9 Å². The van der Waals surface area contributed by atoms with E-state index < -0.39 is 10.0 Å². The molecule has 2 rings (SSSR count). The summed E-state index contributed by atoms with van der Waals surface area (Å²) in [4.78, 5) is 3.00. The van der Waals surface area contributed by atoms with E-state index in [4.69, 9.17) is 0 Å². The largest absolute Gasteiger partial charge is 0.391 e. The smallest absolute Gasteiger partial charge is 0.242 e. The van der Waals surface area contributed by atoms with Gasteiger partial charge in [-0.1, -0.05) is 0 Å². The highest BCUT2D eigenvalue weighted by molar-refractivity contribution is 7.89. The van der Waals surface area contributed by atoms with Crippen LogP contribution in [0, 0.1) is 12.8 Å². The first-order valence-electron chi connectivity index (χ1n) is 6.80. The minimum atomic E-state index is -3.53. The van der Waals surface area contributed by atoms with E-state index in [0.717, 1.165) is 25.9 Å². The second-order valence-electron chi connectivity index (χ2n) is 5.45. The van der Waals surface area contributed by atoms with E-state index in [1.165, 1.54) is 11.3 Å². The van der Waals surface area contributed by atoms with Gasteiger partial charge in [0.15, 0.2) is 0 Å². The molecular weight excluding hydrogens is 296 g/mol. The number of likely N-dealkylation sites (tertiary alicyclic amines) is 1. The molecule has 1 aliphatic heterocycles. The Kier molecular flexibility index (Phi) is 5.19. The molecule has 0 aromatic carbocycles. The zero-order chi connectivity index (χ0) is 14.8. The third-order valence-corrected chi connectivity index (χ3v) is 6.56. The second-order valence-corrected chi connectivity index (χ2v) is 8.12. The number of aliphatic hydroxyl groups is 1. The van der Waals surface area contributed by atoms with Crippen LogP contribution in [0.1, 0.15) is 23.3 Å². The number of piperidine rings is 1. The Balaban J connectivity index is 2.05. The van der Waals surface area contributed by atoms with Gasteiger partial charge in [0.1, 0.15) is 4.90 Å². The first kappa shape index (κ1) is 15.9. The first-order valence-corrected chi connectivity index (χ1v) is 9.16. The second kappa shape index (κ2) is 6.53.